The molecule has 0 bridgehead atoms. The molecule has 0 spiro atoms. The summed E-state index contributed by atoms with van der Waals surface area (Å²) in [5.41, 5.74) is 9.29. The van der Waals surface area contributed by atoms with Gasteiger partial charge in [0.05, 0.1) is 0 Å². The second-order valence-corrected chi connectivity index (χ2v) is 4.53. The molecule has 2 aromatic carbocycles. The van der Waals surface area contributed by atoms with E-state index in [1.807, 2.05) is 48.5 Å². The zero-order valence-corrected chi connectivity index (χ0v) is 11.5. The fraction of sp³-hybridized carbons (Fsp3) is 0.188. The largest absolute Gasteiger partial charge is 0.326 e. The Hall–Kier alpha value is -2.33. The summed E-state index contributed by atoms with van der Waals surface area (Å²) in [4.78, 5) is 11.9. The molecular weight excluding hydrogens is 250 g/mol. The molecule has 4 N–H and O–H groups in total. The fourth-order valence-corrected chi connectivity index (χ4v) is 1.89. The fourth-order valence-electron chi connectivity index (χ4n) is 1.89. The predicted molar refractivity (Wildman–Crippen MR) is 82.8 cm³/mol. The van der Waals surface area contributed by atoms with Crippen molar-refractivity contribution in [1.82, 2.24) is 0 Å². The number of anilines is 2. The molecule has 4 nitrogen and oxygen atoms in total. The highest BCUT2D eigenvalue weighted by atomic mass is 16.2. The molecule has 20 heavy (non-hydrogen) atoms. The van der Waals surface area contributed by atoms with Crippen LogP contribution in [0.5, 0.6) is 0 Å². The smallest absolute Gasteiger partial charge is 0.323 e. The highest BCUT2D eigenvalue weighted by molar-refractivity contribution is 5.99. The number of hydrogen-bond donors (Lipinski definition) is 3. The van der Waals surface area contributed by atoms with Crippen LogP contribution in [0.15, 0.2) is 48.5 Å². The zero-order valence-electron chi connectivity index (χ0n) is 11.5. The van der Waals surface area contributed by atoms with Crippen molar-refractivity contribution in [3.63, 3.8) is 0 Å². The molecule has 2 aromatic rings. The van der Waals surface area contributed by atoms with E-state index in [-0.39, 0.29) is 6.03 Å². The van der Waals surface area contributed by atoms with E-state index < -0.39 is 0 Å². The normalized spacial score (nSPS) is 10.1. The number of rotatable bonds is 4. The number of amides is 2. The van der Waals surface area contributed by atoms with Crippen molar-refractivity contribution in [3.05, 3.63) is 59.7 Å². The summed E-state index contributed by atoms with van der Waals surface area (Å²) in [5.74, 6) is 0. The third-order valence-corrected chi connectivity index (χ3v) is 3.04. The first-order chi connectivity index (χ1) is 9.71. The number of hydrogen-bond acceptors (Lipinski definition) is 2. The highest BCUT2D eigenvalue weighted by Gasteiger charge is 2.03. The van der Waals surface area contributed by atoms with Gasteiger partial charge in [0.1, 0.15) is 0 Å². The van der Waals surface area contributed by atoms with Gasteiger partial charge in [-0.25, -0.2) is 4.79 Å². The van der Waals surface area contributed by atoms with Crippen LogP contribution >= 0.6 is 0 Å². The third kappa shape index (κ3) is 3.83. The summed E-state index contributed by atoms with van der Waals surface area (Å²) in [5, 5.41) is 5.61. The molecule has 104 valence electrons. The minimum atomic E-state index is -0.251. The molecule has 0 saturated carbocycles. The molecule has 0 atom stereocenters. The van der Waals surface area contributed by atoms with Gasteiger partial charge in [-0.15, -0.1) is 0 Å². The Kier molecular flexibility index (Phi) is 4.74. The van der Waals surface area contributed by atoms with E-state index in [0.717, 1.165) is 23.4 Å². The minimum absolute atomic E-state index is 0.251. The van der Waals surface area contributed by atoms with E-state index in [2.05, 4.69) is 17.6 Å². The molecule has 0 aliphatic carbocycles. The molecule has 0 fully saturated rings. The summed E-state index contributed by atoms with van der Waals surface area (Å²) in [7, 11) is 0. The standard InChI is InChI=1S/C16H19N3O/c1-2-12-4-3-5-15(10-12)19-16(20)18-14-8-6-13(11-17)7-9-14/h3-10H,2,11,17H2,1H3,(H2,18,19,20). The highest BCUT2D eigenvalue weighted by Crippen LogP contribution is 2.13. The van der Waals surface area contributed by atoms with Gasteiger partial charge in [0.2, 0.25) is 0 Å². The van der Waals surface area contributed by atoms with E-state index in [4.69, 9.17) is 5.73 Å². The van der Waals surface area contributed by atoms with Gasteiger partial charge in [0.25, 0.3) is 0 Å². The molecular formula is C16H19N3O. The Bertz CT molecular complexity index is 579. The van der Waals surface area contributed by atoms with Gasteiger partial charge in [-0.1, -0.05) is 31.2 Å². The molecule has 2 amide bonds. The van der Waals surface area contributed by atoms with Crippen molar-refractivity contribution in [2.75, 3.05) is 10.6 Å². The Labute approximate surface area is 119 Å². The van der Waals surface area contributed by atoms with E-state index in [1.165, 1.54) is 5.56 Å². The van der Waals surface area contributed by atoms with Crippen LogP contribution in [0.1, 0.15) is 18.1 Å². The number of aryl methyl sites for hydroxylation is 1. The van der Waals surface area contributed by atoms with Crippen molar-refractivity contribution in [1.29, 1.82) is 0 Å². The van der Waals surface area contributed by atoms with Crippen molar-refractivity contribution in [2.45, 2.75) is 19.9 Å². The Balaban J connectivity index is 1.97. The lowest BCUT2D eigenvalue weighted by atomic mass is 10.1. The molecule has 0 saturated heterocycles. The molecule has 0 heterocycles. The third-order valence-electron chi connectivity index (χ3n) is 3.04. The van der Waals surface area contributed by atoms with Crippen LogP contribution in [0.25, 0.3) is 0 Å². The maximum atomic E-state index is 11.9. The van der Waals surface area contributed by atoms with Crippen molar-refractivity contribution in [2.24, 2.45) is 5.73 Å². The molecule has 0 aliphatic heterocycles. The number of carbonyl (C=O) groups excluding carboxylic acids is 1. The second kappa shape index (κ2) is 6.73. The topological polar surface area (TPSA) is 67.2 Å². The van der Waals surface area contributed by atoms with Gasteiger partial charge in [-0.2, -0.15) is 0 Å². The second-order valence-electron chi connectivity index (χ2n) is 4.53. The minimum Gasteiger partial charge on any atom is -0.326 e. The average Bonchev–Trinajstić information content (AvgIpc) is 2.48. The van der Waals surface area contributed by atoms with Crippen LogP contribution in [0.3, 0.4) is 0 Å². The maximum absolute atomic E-state index is 11.9. The van der Waals surface area contributed by atoms with E-state index >= 15 is 0 Å². The first kappa shape index (κ1) is 14.1. The van der Waals surface area contributed by atoms with Gasteiger partial charge < -0.3 is 16.4 Å². The number of carbonyl (C=O) groups is 1. The van der Waals surface area contributed by atoms with Crippen LogP contribution < -0.4 is 16.4 Å². The van der Waals surface area contributed by atoms with Crippen LogP contribution in [-0.2, 0) is 13.0 Å². The van der Waals surface area contributed by atoms with Crippen LogP contribution in [-0.4, -0.2) is 6.03 Å². The predicted octanol–water partition coefficient (Wildman–Crippen LogP) is 3.35. The van der Waals surface area contributed by atoms with E-state index in [0.29, 0.717) is 6.54 Å². The summed E-state index contributed by atoms with van der Waals surface area (Å²) in [6.07, 6.45) is 0.942. The monoisotopic (exact) mass is 269 g/mol. The van der Waals surface area contributed by atoms with Gasteiger partial charge in [-0.05, 0) is 41.8 Å². The molecule has 0 unspecified atom stereocenters. The van der Waals surface area contributed by atoms with Crippen molar-refractivity contribution < 1.29 is 4.79 Å². The molecule has 2 rings (SSSR count). The van der Waals surface area contributed by atoms with Crippen LogP contribution in [0.2, 0.25) is 0 Å². The number of benzene rings is 2. The molecule has 0 radical (unpaired) electrons. The van der Waals surface area contributed by atoms with Gasteiger partial charge >= 0.3 is 6.03 Å². The number of urea groups is 1. The SMILES string of the molecule is CCc1cccc(NC(=O)Nc2ccc(CN)cc2)c1. The van der Waals surface area contributed by atoms with Gasteiger partial charge in [0.15, 0.2) is 0 Å². The average molecular weight is 269 g/mol. The lowest BCUT2D eigenvalue weighted by molar-refractivity contribution is 0.262. The lowest BCUT2D eigenvalue weighted by Gasteiger charge is -2.09. The zero-order chi connectivity index (χ0) is 14.4. The summed E-state index contributed by atoms with van der Waals surface area (Å²) in [6.45, 7) is 2.58. The van der Waals surface area contributed by atoms with Crippen molar-refractivity contribution >= 4 is 17.4 Å². The van der Waals surface area contributed by atoms with Crippen LogP contribution in [0.4, 0.5) is 16.2 Å². The van der Waals surface area contributed by atoms with Crippen molar-refractivity contribution in [3.8, 4) is 0 Å². The van der Waals surface area contributed by atoms with Gasteiger partial charge in [0, 0.05) is 17.9 Å². The summed E-state index contributed by atoms with van der Waals surface area (Å²) >= 11 is 0. The molecule has 0 aliphatic rings. The first-order valence-corrected chi connectivity index (χ1v) is 6.67. The summed E-state index contributed by atoms with van der Waals surface area (Å²) in [6, 6.07) is 15.0. The number of nitrogens with two attached hydrogens (primary N) is 1. The van der Waals surface area contributed by atoms with E-state index in [1.54, 1.807) is 0 Å². The molecule has 4 heteroatoms. The summed E-state index contributed by atoms with van der Waals surface area (Å²) < 4.78 is 0. The maximum Gasteiger partial charge on any atom is 0.323 e. The first-order valence-electron chi connectivity index (χ1n) is 6.67. The lowest BCUT2D eigenvalue weighted by Crippen LogP contribution is -2.19. The van der Waals surface area contributed by atoms with Crippen LogP contribution in [0, 0.1) is 0 Å². The Morgan fingerprint density at radius 1 is 1.00 bits per heavy atom. The van der Waals surface area contributed by atoms with Gasteiger partial charge in [-0.3, -0.25) is 0 Å². The quantitative estimate of drug-likeness (QED) is 0.796. The molecule has 0 aromatic heterocycles. The number of nitrogens with one attached hydrogen (secondary N) is 2. The Morgan fingerprint density at radius 2 is 1.70 bits per heavy atom. The Morgan fingerprint density at radius 3 is 2.35 bits per heavy atom. The van der Waals surface area contributed by atoms with E-state index in [9.17, 15) is 4.79 Å².